The van der Waals surface area contributed by atoms with E-state index in [1.54, 1.807) is 12.1 Å². The van der Waals surface area contributed by atoms with Gasteiger partial charge in [0.1, 0.15) is 17.7 Å². The van der Waals surface area contributed by atoms with Gasteiger partial charge in [0.2, 0.25) is 0 Å². The minimum absolute atomic E-state index is 0.0161. The van der Waals surface area contributed by atoms with Crippen molar-refractivity contribution in [3.05, 3.63) is 77.2 Å². The Balaban J connectivity index is 1.74. The van der Waals surface area contributed by atoms with Gasteiger partial charge in [-0.05, 0) is 52.9 Å². The minimum atomic E-state index is -0.717. The van der Waals surface area contributed by atoms with Gasteiger partial charge in [0.15, 0.2) is 0 Å². The number of halogens is 1. The van der Waals surface area contributed by atoms with Crippen molar-refractivity contribution in [3.8, 4) is 28.1 Å². The number of aliphatic hydroxyl groups is 1. The van der Waals surface area contributed by atoms with Crippen LogP contribution in [0.5, 0.6) is 5.75 Å². The van der Waals surface area contributed by atoms with Crippen LogP contribution in [0.3, 0.4) is 0 Å². The normalized spacial score (nSPS) is 19.6. The van der Waals surface area contributed by atoms with E-state index in [-0.39, 0.29) is 18.2 Å². The van der Waals surface area contributed by atoms with Gasteiger partial charge in [0.25, 0.3) is 0 Å². The van der Waals surface area contributed by atoms with E-state index in [2.05, 4.69) is 13.8 Å². The molecule has 0 bridgehead atoms. The average Bonchev–Trinajstić information content (AvgIpc) is 3.01. The van der Waals surface area contributed by atoms with E-state index in [1.165, 1.54) is 12.1 Å². The lowest BCUT2D eigenvalue weighted by Gasteiger charge is -2.24. The fourth-order valence-corrected chi connectivity index (χ4v) is 4.86. The standard InChI is InChI=1S/C29H28FNO4/c1-17(2)28-23(12-11-21-15-20(32)16-26(33)35-21)27(18-7-9-19(30)10-8-18)24-13-14-34-25-6-4-3-5-22(25)29(24)31-28/h3-12,17,20-21,32H,13-16H2,1-2H3/t20-,21-/m1/s1. The second-order valence-corrected chi connectivity index (χ2v) is 9.35. The summed E-state index contributed by atoms with van der Waals surface area (Å²) in [5, 5.41) is 10.0. The second-order valence-electron chi connectivity index (χ2n) is 9.35. The Bertz CT molecular complexity index is 1280. The highest BCUT2D eigenvalue weighted by molar-refractivity contribution is 5.86. The van der Waals surface area contributed by atoms with Gasteiger partial charge in [-0.25, -0.2) is 4.39 Å². The van der Waals surface area contributed by atoms with Crippen molar-refractivity contribution in [1.82, 2.24) is 4.98 Å². The van der Waals surface area contributed by atoms with E-state index < -0.39 is 18.2 Å². The minimum Gasteiger partial charge on any atom is -0.493 e. The van der Waals surface area contributed by atoms with Crippen molar-refractivity contribution in [2.45, 2.75) is 51.2 Å². The van der Waals surface area contributed by atoms with Gasteiger partial charge in [0, 0.05) is 24.0 Å². The average molecular weight is 474 g/mol. The highest BCUT2D eigenvalue weighted by Gasteiger charge is 2.28. The van der Waals surface area contributed by atoms with E-state index in [1.807, 2.05) is 36.4 Å². The summed E-state index contributed by atoms with van der Waals surface area (Å²) in [4.78, 5) is 17.0. The first-order chi connectivity index (χ1) is 16.9. The molecule has 6 heteroatoms. The number of pyridine rings is 1. The molecule has 0 unspecified atom stereocenters. The molecule has 1 aromatic heterocycles. The van der Waals surface area contributed by atoms with Crippen molar-refractivity contribution >= 4 is 12.0 Å². The molecule has 5 rings (SSSR count). The number of hydrogen-bond acceptors (Lipinski definition) is 5. The Morgan fingerprint density at radius 3 is 2.66 bits per heavy atom. The Morgan fingerprint density at radius 2 is 1.91 bits per heavy atom. The molecule has 1 fully saturated rings. The van der Waals surface area contributed by atoms with Crippen LogP contribution in [0.1, 0.15) is 49.4 Å². The quantitative estimate of drug-likeness (QED) is 0.493. The second kappa shape index (κ2) is 9.62. The van der Waals surface area contributed by atoms with Gasteiger partial charge < -0.3 is 14.6 Å². The number of ether oxygens (including phenoxy) is 2. The highest BCUT2D eigenvalue weighted by atomic mass is 19.1. The molecular weight excluding hydrogens is 445 g/mol. The van der Waals surface area contributed by atoms with Crippen LogP contribution in [0.25, 0.3) is 28.5 Å². The van der Waals surface area contributed by atoms with Crippen LogP contribution in [0.4, 0.5) is 4.39 Å². The van der Waals surface area contributed by atoms with Crippen molar-refractivity contribution in [2.75, 3.05) is 6.61 Å². The molecule has 5 nitrogen and oxygen atoms in total. The first kappa shape index (κ1) is 23.2. The Morgan fingerprint density at radius 1 is 1.14 bits per heavy atom. The van der Waals surface area contributed by atoms with Crippen molar-refractivity contribution < 1.29 is 23.8 Å². The lowest BCUT2D eigenvalue weighted by Crippen LogP contribution is -2.31. The maximum atomic E-state index is 13.9. The highest BCUT2D eigenvalue weighted by Crippen LogP contribution is 2.42. The van der Waals surface area contributed by atoms with E-state index >= 15 is 0 Å². The predicted molar refractivity (Wildman–Crippen MR) is 133 cm³/mol. The first-order valence-corrected chi connectivity index (χ1v) is 12.0. The molecule has 0 saturated carbocycles. The van der Waals surface area contributed by atoms with Crippen LogP contribution in [0, 0.1) is 5.82 Å². The molecule has 0 amide bonds. The topological polar surface area (TPSA) is 68.7 Å². The molecular formula is C29H28FNO4. The zero-order chi connectivity index (χ0) is 24.5. The number of carbonyl (C=O) groups is 1. The summed E-state index contributed by atoms with van der Waals surface area (Å²) >= 11 is 0. The molecule has 0 spiro atoms. The van der Waals surface area contributed by atoms with Gasteiger partial charge in [-0.15, -0.1) is 0 Å². The summed E-state index contributed by atoms with van der Waals surface area (Å²) in [7, 11) is 0. The van der Waals surface area contributed by atoms with Crippen LogP contribution in [-0.2, 0) is 16.0 Å². The van der Waals surface area contributed by atoms with Crippen LogP contribution in [0.2, 0.25) is 0 Å². The molecule has 1 N–H and O–H groups in total. The lowest BCUT2D eigenvalue weighted by molar-refractivity contribution is -0.156. The van der Waals surface area contributed by atoms with E-state index in [4.69, 9.17) is 14.5 Å². The monoisotopic (exact) mass is 473 g/mol. The molecule has 0 aliphatic carbocycles. The Hall–Kier alpha value is -3.51. The molecule has 1 saturated heterocycles. The number of fused-ring (bicyclic) bond motifs is 3. The zero-order valence-corrected chi connectivity index (χ0v) is 19.8. The van der Waals surface area contributed by atoms with Crippen LogP contribution < -0.4 is 4.74 Å². The van der Waals surface area contributed by atoms with Gasteiger partial charge in [0.05, 0.1) is 30.5 Å². The molecule has 3 heterocycles. The van der Waals surface area contributed by atoms with Crippen LogP contribution in [0.15, 0.2) is 54.6 Å². The van der Waals surface area contributed by atoms with Crippen LogP contribution >= 0.6 is 0 Å². The molecule has 3 aromatic rings. The third-order valence-electron chi connectivity index (χ3n) is 6.46. The van der Waals surface area contributed by atoms with Crippen molar-refractivity contribution in [1.29, 1.82) is 0 Å². The number of hydrogen-bond donors (Lipinski definition) is 1. The molecule has 2 aliphatic rings. The summed E-state index contributed by atoms with van der Waals surface area (Å²) < 4.78 is 25.4. The predicted octanol–water partition coefficient (Wildman–Crippen LogP) is 5.69. The number of benzene rings is 2. The number of aliphatic hydroxyl groups excluding tert-OH is 1. The van der Waals surface area contributed by atoms with Gasteiger partial charge in [-0.1, -0.05) is 44.2 Å². The van der Waals surface area contributed by atoms with Gasteiger partial charge >= 0.3 is 5.97 Å². The number of aromatic nitrogens is 1. The molecule has 2 atom stereocenters. The maximum Gasteiger partial charge on any atom is 0.309 e. The summed E-state index contributed by atoms with van der Waals surface area (Å²) in [6.45, 7) is 4.67. The van der Waals surface area contributed by atoms with E-state index in [0.717, 1.165) is 45.0 Å². The third-order valence-corrected chi connectivity index (χ3v) is 6.46. The summed E-state index contributed by atoms with van der Waals surface area (Å²) in [6, 6.07) is 14.4. The number of esters is 1. The number of rotatable bonds is 4. The smallest absolute Gasteiger partial charge is 0.309 e. The summed E-state index contributed by atoms with van der Waals surface area (Å²) in [5.41, 5.74) is 6.48. The maximum absolute atomic E-state index is 13.9. The number of cyclic esters (lactones) is 1. The summed E-state index contributed by atoms with van der Waals surface area (Å²) in [5.74, 6) is 0.182. The molecule has 180 valence electrons. The largest absolute Gasteiger partial charge is 0.493 e. The fourth-order valence-electron chi connectivity index (χ4n) is 4.86. The lowest BCUT2D eigenvalue weighted by atomic mass is 9.86. The number of carbonyl (C=O) groups excluding carboxylic acids is 1. The Kier molecular flexibility index (Phi) is 6.39. The van der Waals surface area contributed by atoms with E-state index in [0.29, 0.717) is 19.4 Å². The van der Waals surface area contributed by atoms with E-state index in [9.17, 15) is 14.3 Å². The first-order valence-electron chi connectivity index (χ1n) is 12.0. The van der Waals surface area contributed by atoms with Gasteiger partial charge in [-0.2, -0.15) is 0 Å². The van der Waals surface area contributed by atoms with Crippen molar-refractivity contribution in [2.24, 2.45) is 0 Å². The number of nitrogens with zero attached hydrogens (tertiary/aromatic N) is 1. The third kappa shape index (κ3) is 4.71. The molecule has 0 radical (unpaired) electrons. The SMILES string of the molecule is CC(C)c1nc2c(c(-c3ccc(F)cc3)c1C=C[C@@H]1C[C@@H](O)CC(=O)O1)CCOc1ccccc1-2. The summed E-state index contributed by atoms with van der Waals surface area (Å²) in [6.07, 6.45) is 3.53. The molecule has 35 heavy (non-hydrogen) atoms. The fraction of sp³-hybridized carbons (Fsp3) is 0.310. The van der Waals surface area contributed by atoms with Crippen LogP contribution in [-0.4, -0.2) is 34.9 Å². The van der Waals surface area contributed by atoms with Gasteiger partial charge in [-0.3, -0.25) is 9.78 Å². The Labute approximate surface area is 204 Å². The molecule has 2 aliphatic heterocycles. The number of para-hydroxylation sites is 1. The van der Waals surface area contributed by atoms with Crippen molar-refractivity contribution in [3.63, 3.8) is 0 Å². The molecule has 2 aromatic carbocycles. The zero-order valence-electron chi connectivity index (χ0n) is 19.8.